The predicted molar refractivity (Wildman–Crippen MR) is 63.1 cm³/mol. The molecule has 0 bridgehead atoms. The highest BCUT2D eigenvalue weighted by Crippen LogP contribution is 2.12. The van der Waals surface area contributed by atoms with E-state index in [0.717, 1.165) is 19.4 Å². The van der Waals surface area contributed by atoms with E-state index in [-0.39, 0.29) is 11.9 Å². The number of carbonyl (C=O) groups excluding carboxylic acids is 1. The molecule has 2 heterocycles. The minimum absolute atomic E-state index is 0.0948. The van der Waals surface area contributed by atoms with Gasteiger partial charge in [0, 0.05) is 12.2 Å². The summed E-state index contributed by atoms with van der Waals surface area (Å²) in [5.41, 5.74) is 1.79. The average Bonchev–Trinajstić information content (AvgIpc) is 2.87. The van der Waals surface area contributed by atoms with Gasteiger partial charge < -0.3 is 10.1 Å². The maximum atomic E-state index is 12.0. The number of hydrogen-bond acceptors (Lipinski definition) is 5. The lowest BCUT2D eigenvalue weighted by Crippen LogP contribution is -2.40. The van der Waals surface area contributed by atoms with Gasteiger partial charge in [0.05, 0.1) is 12.6 Å². The smallest absolute Gasteiger partial charge is 0.251 e. The number of fused-ring (bicyclic) bond motifs is 1. The summed E-state index contributed by atoms with van der Waals surface area (Å²) in [6, 6.07) is 5.20. The van der Waals surface area contributed by atoms with Crippen LogP contribution in [0.4, 0.5) is 0 Å². The monoisotopic (exact) mass is 247 g/mol. The van der Waals surface area contributed by atoms with Crippen LogP contribution in [0, 0.1) is 0 Å². The molecular weight excluding hydrogens is 234 g/mol. The number of carbonyl (C=O) groups is 1. The fourth-order valence-corrected chi connectivity index (χ4v) is 2.05. The van der Waals surface area contributed by atoms with Crippen LogP contribution in [0.3, 0.4) is 0 Å². The Morgan fingerprint density at radius 2 is 2.22 bits per heavy atom. The van der Waals surface area contributed by atoms with Crippen LogP contribution < -0.4 is 5.32 Å². The highest BCUT2D eigenvalue weighted by Gasteiger charge is 2.17. The molecule has 0 aliphatic carbocycles. The van der Waals surface area contributed by atoms with Gasteiger partial charge in [-0.3, -0.25) is 4.79 Å². The first-order valence-electron chi connectivity index (χ1n) is 5.94. The van der Waals surface area contributed by atoms with Gasteiger partial charge in [-0.1, -0.05) is 0 Å². The Morgan fingerprint density at radius 1 is 1.33 bits per heavy atom. The van der Waals surface area contributed by atoms with Crippen LogP contribution in [0.25, 0.3) is 11.0 Å². The van der Waals surface area contributed by atoms with Crippen LogP contribution in [0.5, 0.6) is 0 Å². The normalized spacial score (nSPS) is 19.9. The van der Waals surface area contributed by atoms with Gasteiger partial charge in [0.2, 0.25) is 0 Å². The number of ether oxygens (including phenoxy) is 1. The summed E-state index contributed by atoms with van der Waals surface area (Å²) in [7, 11) is 0. The highest BCUT2D eigenvalue weighted by atomic mass is 16.6. The van der Waals surface area contributed by atoms with E-state index in [4.69, 9.17) is 4.74 Å². The molecule has 1 aliphatic rings. The second kappa shape index (κ2) is 4.73. The van der Waals surface area contributed by atoms with Crippen molar-refractivity contribution in [2.75, 3.05) is 13.2 Å². The second-order valence-electron chi connectivity index (χ2n) is 4.36. The summed E-state index contributed by atoms with van der Waals surface area (Å²) in [5.74, 6) is -0.115. The number of amides is 1. The van der Waals surface area contributed by atoms with Crippen molar-refractivity contribution in [1.82, 2.24) is 15.6 Å². The summed E-state index contributed by atoms with van der Waals surface area (Å²) in [6.45, 7) is 1.36. The summed E-state index contributed by atoms with van der Waals surface area (Å²) in [5, 5.41) is 10.4. The lowest BCUT2D eigenvalue weighted by atomic mass is 10.1. The highest BCUT2D eigenvalue weighted by molar-refractivity contribution is 5.97. The molecule has 94 valence electrons. The minimum Gasteiger partial charge on any atom is -0.379 e. The Bertz CT molecular complexity index is 560. The molecule has 3 rings (SSSR count). The van der Waals surface area contributed by atoms with E-state index in [9.17, 15) is 4.79 Å². The fourth-order valence-electron chi connectivity index (χ4n) is 2.05. The molecule has 2 aromatic rings. The Morgan fingerprint density at radius 3 is 3.06 bits per heavy atom. The molecule has 0 spiro atoms. The lowest BCUT2D eigenvalue weighted by molar-refractivity contribution is 0.0624. The van der Waals surface area contributed by atoms with Crippen LogP contribution in [0.2, 0.25) is 0 Å². The molecule has 1 atom stereocenters. The maximum absolute atomic E-state index is 12.0. The van der Waals surface area contributed by atoms with Crippen LogP contribution >= 0.6 is 0 Å². The van der Waals surface area contributed by atoms with Gasteiger partial charge in [-0.2, -0.15) is 0 Å². The number of nitrogens with zero attached hydrogens (tertiary/aromatic N) is 2. The molecule has 0 saturated carbocycles. The molecular formula is C12H13N3O3. The molecule has 1 fully saturated rings. The summed E-state index contributed by atoms with van der Waals surface area (Å²) in [4.78, 5) is 12.0. The van der Waals surface area contributed by atoms with Gasteiger partial charge in [-0.25, -0.2) is 4.63 Å². The van der Waals surface area contributed by atoms with E-state index >= 15 is 0 Å². The van der Waals surface area contributed by atoms with E-state index < -0.39 is 0 Å². The first-order chi connectivity index (χ1) is 8.83. The maximum Gasteiger partial charge on any atom is 0.251 e. The average molecular weight is 247 g/mol. The Kier molecular flexibility index (Phi) is 2.93. The lowest BCUT2D eigenvalue weighted by Gasteiger charge is -2.23. The quantitative estimate of drug-likeness (QED) is 0.860. The fraction of sp³-hybridized carbons (Fsp3) is 0.417. The molecule has 1 aromatic heterocycles. The summed E-state index contributed by atoms with van der Waals surface area (Å²) < 4.78 is 9.92. The van der Waals surface area contributed by atoms with E-state index in [1.807, 2.05) is 0 Å². The van der Waals surface area contributed by atoms with Gasteiger partial charge in [0.15, 0.2) is 0 Å². The molecule has 18 heavy (non-hydrogen) atoms. The van der Waals surface area contributed by atoms with Crippen LogP contribution in [0.1, 0.15) is 23.2 Å². The Hall–Kier alpha value is -1.95. The molecule has 1 amide bonds. The number of rotatable bonds is 2. The number of benzene rings is 1. The first-order valence-corrected chi connectivity index (χ1v) is 5.94. The van der Waals surface area contributed by atoms with Gasteiger partial charge in [0.1, 0.15) is 11.0 Å². The number of nitrogens with one attached hydrogen (secondary N) is 1. The van der Waals surface area contributed by atoms with Crippen molar-refractivity contribution in [2.24, 2.45) is 0 Å². The first kappa shape index (κ1) is 11.2. The van der Waals surface area contributed by atoms with E-state index in [1.165, 1.54) is 0 Å². The van der Waals surface area contributed by atoms with Crippen molar-refractivity contribution in [2.45, 2.75) is 18.9 Å². The standard InChI is InChI=1S/C12H13N3O3/c16-12(13-9-2-1-5-17-7-9)8-3-4-10-11(6-8)15-18-14-10/h3-4,6,9H,1-2,5,7H2,(H,13,16). The van der Waals surface area contributed by atoms with Crippen LogP contribution in [0.15, 0.2) is 22.8 Å². The zero-order chi connectivity index (χ0) is 12.4. The zero-order valence-electron chi connectivity index (χ0n) is 9.76. The van der Waals surface area contributed by atoms with Gasteiger partial charge in [-0.15, -0.1) is 0 Å². The minimum atomic E-state index is -0.115. The van der Waals surface area contributed by atoms with Crippen molar-refractivity contribution in [1.29, 1.82) is 0 Å². The second-order valence-corrected chi connectivity index (χ2v) is 4.36. The van der Waals surface area contributed by atoms with Crippen molar-refractivity contribution in [3.8, 4) is 0 Å². The number of aromatic nitrogens is 2. The summed E-state index contributed by atoms with van der Waals surface area (Å²) >= 11 is 0. The van der Waals surface area contributed by atoms with Gasteiger partial charge >= 0.3 is 0 Å². The van der Waals surface area contributed by atoms with E-state index in [1.54, 1.807) is 18.2 Å². The zero-order valence-corrected chi connectivity index (χ0v) is 9.76. The number of hydrogen-bond donors (Lipinski definition) is 1. The molecule has 6 heteroatoms. The van der Waals surface area contributed by atoms with Crippen molar-refractivity contribution >= 4 is 16.9 Å². The Balaban J connectivity index is 1.74. The van der Waals surface area contributed by atoms with Crippen molar-refractivity contribution < 1.29 is 14.2 Å². The molecule has 1 aliphatic heterocycles. The molecule has 0 radical (unpaired) electrons. The molecule has 6 nitrogen and oxygen atoms in total. The predicted octanol–water partition coefficient (Wildman–Crippen LogP) is 1.13. The summed E-state index contributed by atoms with van der Waals surface area (Å²) in [6.07, 6.45) is 1.94. The van der Waals surface area contributed by atoms with Crippen LogP contribution in [-0.2, 0) is 4.74 Å². The largest absolute Gasteiger partial charge is 0.379 e. The van der Waals surface area contributed by atoms with E-state index in [2.05, 4.69) is 20.3 Å². The topological polar surface area (TPSA) is 77.2 Å². The SMILES string of the molecule is O=C(NC1CCCOC1)c1ccc2nonc2c1. The van der Waals surface area contributed by atoms with E-state index in [0.29, 0.717) is 23.2 Å². The van der Waals surface area contributed by atoms with Crippen LogP contribution in [-0.4, -0.2) is 35.5 Å². The van der Waals surface area contributed by atoms with Crippen molar-refractivity contribution in [3.63, 3.8) is 0 Å². The molecule has 1 saturated heterocycles. The molecule has 1 N–H and O–H groups in total. The van der Waals surface area contributed by atoms with Gasteiger partial charge in [0.25, 0.3) is 5.91 Å². The van der Waals surface area contributed by atoms with Crippen molar-refractivity contribution in [3.05, 3.63) is 23.8 Å². The van der Waals surface area contributed by atoms with Gasteiger partial charge in [-0.05, 0) is 41.4 Å². The third kappa shape index (κ3) is 2.19. The third-order valence-corrected chi connectivity index (χ3v) is 3.01. The molecule has 1 aromatic carbocycles. The molecule has 1 unspecified atom stereocenters. The Labute approximate surface area is 103 Å². The third-order valence-electron chi connectivity index (χ3n) is 3.01.